The number of aromatic nitrogens is 1. The minimum Gasteiger partial charge on any atom is -0.457 e. The highest BCUT2D eigenvalue weighted by molar-refractivity contribution is 5.97. The first kappa shape index (κ1) is 17.6. The molecule has 0 saturated carbocycles. The molecule has 134 valence electrons. The lowest BCUT2D eigenvalue weighted by molar-refractivity contribution is -0.142. The molecule has 0 radical (unpaired) electrons. The van der Waals surface area contributed by atoms with Gasteiger partial charge in [-0.15, -0.1) is 0 Å². The van der Waals surface area contributed by atoms with Crippen LogP contribution in [0.3, 0.4) is 0 Å². The molecule has 0 amide bonds. The first-order valence-corrected chi connectivity index (χ1v) is 8.07. The number of oxazole rings is 1. The summed E-state index contributed by atoms with van der Waals surface area (Å²) in [6.07, 6.45) is 0.426. The fourth-order valence-corrected chi connectivity index (χ4v) is 2.54. The second-order valence-corrected chi connectivity index (χ2v) is 5.68. The van der Waals surface area contributed by atoms with E-state index in [1.807, 2.05) is 0 Å². The van der Waals surface area contributed by atoms with E-state index in [1.165, 1.54) is 28.8 Å². The number of ether oxygens (including phenoxy) is 1. The van der Waals surface area contributed by atoms with Gasteiger partial charge in [-0.05, 0) is 42.8 Å². The molecule has 0 unspecified atom stereocenters. The van der Waals surface area contributed by atoms with Gasteiger partial charge in [0.1, 0.15) is 5.82 Å². The maximum absolute atomic E-state index is 12.8. The number of halogens is 1. The highest BCUT2D eigenvalue weighted by Gasteiger charge is 2.12. The number of aryl methyl sites for hydroxylation is 1. The van der Waals surface area contributed by atoms with Crippen LogP contribution in [0.25, 0.3) is 11.1 Å². The van der Waals surface area contributed by atoms with Crippen molar-refractivity contribution >= 4 is 22.9 Å². The van der Waals surface area contributed by atoms with E-state index in [0.29, 0.717) is 24.1 Å². The minimum atomic E-state index is -0.540. The summed E-state index contributed by atoms with van der Waals surface area (Å²) in [6, 6.07) is 12.0. The Bertz CT molecular complexity index is 987. The molecule has 0 atom stereocenters. The van der Waals surface area contributed by atoms with Gasteiger partial charge in [0.15, 0.2) is 18.0 Å². The summed E-state index contributed by atoms with van der Waals surface area (Å²) in [5, 5.41) is 0. The molecular weight excluding hydrogens is 341 g/mol. The standard InChI is InChI=1S/C19H16FNO5/c20-14-9-7-13(8-10-14)16(22)12-25-18(23)6-3-11-21-15-4-1-2-5-17(15)26-19(21)24/h1-2,4-5,7-10H,3,6,11-12H2. The minimum absolute atomic E-state index is 0.0582. The van der Waals surface area contributed by atoms with Gasteiger partial charge < -0.3 is 9.15 Å². The summed E-state index contributed by atoms with van der Waals surface area (Å²) >= 11 is 0. The first-order valence-electron chi connectivity index (χ1n) is 8.07. The molecule has 0 aliphatic heterocycles. The third-order valence-corrected chi connectivity index (χ3v) is 3.87. The van der Waals surface area contributed by atoms with Gasteiger partial charge in [0, 0.05) is 18.5 Å². The zero-order valence-corrected chi connectivity index (χ0v) is 13.8. The molecule has 0 fully saturated rings. The Morgan fingerprint density at radius 2 is 1.81 bits per heavy atom. The molecular formula is C19H16FNO5. The van der Waals surface area contributed by atoms with E-state index in [-0.39, 0.29) is 12.0 Å². The average Bonchev–Trinajstić information content (AvgIpc) is 2.96. The van der Waals surface area contributed by atoms with Crippen LogP contribution in [0, 0.1) is 5.82 Å². The predicted octanol–water partition coefficient (Wildman–Crippen LogP) is 2.94. The van der Waals surface area contributed by atoms with E-state index >= 15 is 0 Å². The molecule has 1 heterocycles. The SMILES string of the molecule is O=C(CCCn1c(=O)oc2ccccc21)OCC(=O)c1ccc(F)cc1. The lowest BCUT2D eigenvalue weighted by atomic mass is 10.1. The quantitative estimate of drug-likeness (QED) is 0.480. The number of Topliss-reactive ketones (excluding diaryl/α,β-unsaturated/α-hetero) is 1. The third kappa shape index (κ3) is 4.05. The highest BCUT2D eigenvalue weighted by Crippen LogP contribution is 2.12. The van der Waals surface area contributed by atoms with Gasteiger partial charge in [0.25, 0.3) is 0 Å². The van der Waals surface area contributed by atoms with Crippen molar-refractivity contribution in [2.75, 3.05) is 6.61 Å². The van der Waals surface area contributed by atoms with Crippen LogP contribution in [-0.2, 0) is 16.1 Å². The number of fused-ring (bicyclic) bond motifs is 1. The molecule has 0 aliphatic carbocycles. The number of benzene rings is 2. The smallest absolute Gasteiger partial charge is 0.419 e. The Balaban J connectivity index is 1.48. The Hall–Kier alpha value is -3.22. The highest BCUT2D eigenvalue weighted by atomic mass is 19.1. The summed E-state index contributed by atoms with van der Waals surface area (Å²) in [4.78, 5) is 35.4. The van der Waals surface area contributed by atoms with E-state index in [9.17, 15) is 18.8 Å². The number of esters is 1. The molecule has 0 N–H and O–H groups in total. The lowest BCUT2D eigenvalue weighted by Gasteiger charge is -2.05. The Kier molecular flexibility index (Phi) is 5.26. The monoisotopic (exact) mass is 357 g/mol. The number of hydrogen-bond donors (Lipinski definition) is 0. The Morgan fingerprint density at radius 3 is 2.58 bits per heavy atom. The molecule has 0 saturated heterocycles. The van der Waals surface area contributed by atoms with Crippen molar-refractivity contribution in [3.63, 3.8) is 0 Å². The molecule has 0 bridgehead atoms. The van der Waals surface area contributed by atoms with Crippen molar-refractivity contribution in [1.29, 1.82) is 0 Å². The number of ketones is 1. The van der Waals surface area contributed by atoms with E-state index in [0.717, 1.165) is 0 Å². The summed E-state index contributed by atoms with van der Waals surface area (Å²) in [5.74, 6) is -1.87. The molecule has 0 aliphatic rings. The Labute approximate surface area is 147 Å². The number of hydrogen-bond acceptors (Lipinski definition) is 5. The summed E-state index contributed by atoms with van der Waals surface area (Å²) in [5.41, 5.74) is 1.43. The van der Waals surface area contributed by atoms with Gasteiger partial charge in [-0.3, -0.25) is 14.2 Å². The number of carbonyl (C=O) groups excluding carboxylic acids is 2. The largest absolute Gasteiger partial charge is 0.457 e. The lowest BCUT2D eigenvalue weighted by Crippen LogP contribution is -2.17. The zero-order valence-electron chi connectivity index (χ0n) is 13.8. The van der Waals surface area contributed by atoms with Gasteiger partial charge in [0.05, 0.1) is 5.52 Å². The normalized spacial score (nSPS) is 10.8. The van der Waals surface area contributed by atoms with E-state index in [2.05, 4.69) is 0 Å². The van der Waals surface area contributed by atoms with Crippen molar-refractivity contribution in [1.82, 2.24) is 4.57 Å². The Morgan fingerprint density at radius 1 is 1.08 bits per heavy atom. The fraction of sp³-hybridized carbons (Fsp3) is 0.211. The fourth-order valence-electron chi connectivity index (χ4n) is 2.54. The number of nitrogens with zero attached hydrogens (tertiary/aromatic N) is 1. The van der Waals surface area contributed by atoms with Gasteiger partial charge >= 0.3 is 11.7 Å². The molecule has 3 rings (SSSR count). The van der Waals surface area contributed by atoms with Crippen LogP contribution >= 0.6 is 0 Å². The maximum Gasteiger partial charge on any atom is 0.419 e. The summed E-state index contributed by atoms with van der Waals surface area (Å²) < 4.78 is 24.3. The van der Waals surface area contributed by atoms with Crippen LogP contribution in [-0.4, -0.2) is 22.9 Å². The molecule has 7 heteroatoms. The van der Waals surface area contributed by atoms with Crippen molar-refractivity contribution in [2.24, 2.45) is 0 Å². The summed E-state index contributed by atoms with van der Waals surface area (Å²) in [6.45, 7) is -0.101. The number of para-hydroxylation sites is 2. The molecule has 3 aromatic rings. The second kappa shape index (κ2) is 7.77. The summed E-state index contributed by atoms with van der Waals surface area (Å²) in [7, 11) is 0. The zero-order chi connectivity index (χ0) is 18.5. The third-order valence-electron chi connectivity index (χ3n) is 3.87. The second-order valence-electron chi connectivity index (χ2n) is 5.68. The molecule has 0 spiro atoms. The van der Waals surface area contributed by atoms with Gasteiger partial charge in [0.2, 0.25) is 0 Å². The number of carbonyl (C=O) groups is 2. The van der Waals surface area contributed by atoms with Crippen LogP contribution in [0.2, 0.25) is 0 Å². The van der Waals surface area contributed by atoms with Crippen LogP contribution in [0.15, 0.2) is 57.7 Å². The van der Waals surface area contributed by atoms with Gasteiger partial charge in [-0.2, -0.15) is 0 Å². The van der Waals surface area contributed by atoms with E-state index in [1.54, 1.807) is 24.3 Å². The first-order chi connectivity index (χ1) is 12.5. The molecule has 26 heavy (non-hydrogen) atoms. The van der Waals surface area contributed by atoms with Gasteiger partial charge in [-0.25, -0.2) is 9.18 Å². The van der Waals surface area contributed by atoms with Crippen LogP contribution < -0.4 is 5.76 Å². The van der Waals surface area contributed by atoms with Crippen LogP contribution in [0.4, 0.5) is 4.39 Å². The maximum atomic E-state index is 12.8. The van der Waals surface area contributed by atoms with Crippen molar-refractivity contribution in [3.05, 3.63) is 70.5 Å². The number of rotatable bonds is 7. The van der Waals surface area contributed by atoms with E-state index in [4.69, 9.17) is 9.15 Å². The molecule has 1 aromatic heterocycles. The van der Waals surface area contributed by atoms with Crippen molar-refractivity contribution < 1.29 is 23.1 Å². The van der Waals surface area contributed by atoms with Crippen LogP contribution in [0.1, 0.15) is 23.2 Å². The van der Waals surface area contributed by atoms with Gasteiger partial charge in [-0.1, -0.05) is 12.1 Å². The molecule has 6 nitrogen and oxygen atoms in total. The van der Waals surface area contributed by atoms with Crippen molar-refractivity contribution in [3.8, 4) is 0 Å². The molecule has 2 aromatic carbocycles. The van der Waals surface area contributed by atoms with Crippen LogP contribution in [0.5, 0.6) is 0 Å². The van der Waals surface area contributed by atoms with E-state index < -0.39 is 29.9 Å². The average molecular weight is 357 g/mol. The topological polar surface area (TPSA) is 78.5 Å². The van der Waals surface area contributed by atoms with Crippen molar-refractivity contribution in [2.45, 2.75) is 19.4 Å². The predicted molar refractivity (Wildman–Crippen MR) is 91.4 cm³/mol.